The Morgan fingerprint density at radius 3 is 2.93 bits per heavy atom. The van der Waals surface area contributed by atoms with Crippen molar-refractivity contribution in [2.45, 2.75) is 13.0 Å². The quantitative estimate of drug-likeness (QED) is 0.806. The maximum absolute atomic E-state index is 9.12. The van der Waals surface area contributed by atoms with Crippen LogP contribution in [0.4, 0.5) is 0 Å². The standard InChI is InChI=1S/C13H13NO/c1-10(15)6-7-11-8-12-4-2-3-5-13(12)14-9-11/h2-10,15H,1H3/b7-6+. The van der Waals surface area contributed by atoms with Crippen LogP contribution in [0.1, 0.15) is 12.5 Å². The zero-order valence-electron chi connectivity index (χ0n) is 8.59. The summed E-state index contributed by atoms with van der Waals surface area (Å²) in [6.45, 7) is 1.73. The van der Waals surface area contributed by atoms with Gasteiger partial charge in [0.1, 0.15) is 0 Å². The fraction of sp³-hybridized carbons (Fsp3) is 0.154. The molecule has 0 saturated carbocycles. The van der Waals surface area contributed by atoms with Crippen molar-refractivity contribution >= 4 is 17.0 Å². The number of hydrogen-bond acceptors (Lipinski definition) is 2. The smallest absolute Gasteiger partial charge is 0.0702 e. The van der Waals surface area contributed by atoms with Crippen molar-refractivity contribution in [1.82, 2.24) is 4.98 Å². The Labute approximate surface area is 88.9 Å². The van der Waals surface area contributed by atoms with Gasteiger partial charge in [-0.2, -0.15) is 0 Å². The first-order valence-electron chi connectivity index (χ1n) is 4.97. The fourth-order valence-electron chi connectivity index (χ4n) is 1.43. The fourth-order valence-corrected chi connectivity index (χ4v) is 1.43. The van der Waals surface area contributed by atoms with Crippen LogP contribution in [0, 0.1) is 0 Å². The molecule has 2 aromatic rings. The Morgan fingerprint density at radius 1 is 1.33 bits per heavy atom. The van der Waals surface area contributed by atoms with Gasteiger partial charge in [0, 0.05) is 11.6 Å². The van der Waals surface area contributed by atoms with Gasteiger partial charge in [-0.15, -0.1) is 0 Å². The first kappa shape index (κ1) is 9.87. The number of nitrogens with zero attached hydrogens (tertiary/aromatic N) is 1. The molecule has 76 valence electrons. The molecule has 1 aromatic heterocycles. The van der Waals surface area contributed by atoms with E-state index in [-0.39, 0.29) is 0 Å². The highest BCUT2D eigenvalue weighted by Crippen LogP contribution is 2.13. The molecule has 0 amide bonds. The van der Waals surface area contributed by atoms with Crippen LogP contribution in [0.25, 0.3) is 17.0 Å². The molecule has 0 bridgehead atoms. The van der Waals surface area contributed by atoms with Gasteiger partial charge >= 0.3 is 0 Å². The molecule has 15 heavy (non-hydrogen) atoms. The van der Waals surface area contributed by atoms with Gasteiger partial charge < -0.3 is 5.11 Å². The summed E-state index contributed by atoms with van der Waals surface area (Å²) >= 11 is 0. The topological polar surface area (TPSA) is 33.1 Å². The molecule has 0 saturated heterocycles. The number of benzene rings is 1. The number of hydrogen-bond donors (Lipinski definition) is 1. The molecule has 1 atom stereocenters. The molecule has 0 fully saturated rings. The second-order valence-corrected chi connectivity index (χ2v) is 3.56. The number of aliphatic hydroxyl groups is 1. The van der Waals surface area contributed by atoms with Crippen LogP contribution in [-0.4, -0.2) is 16.2 Å². The second-order valence-electron chi connectivity index (χ2n) is 3.56. The molecule has 2 rings (SSSR count). The third-order valence-electron chi connectivity index (χ3n) is 2.18. The van der Waals surface area contributed by atoms with E-state index in [4.69, 9.17) is 5.11 Å². The highest BCUT2D eigenvalue weighted by atomic mass is 16.3. The second kappa shape index (κ2) is 4.24. The van der Waals surface area contributed by atoms with Crippen molar-refractivity contribution in [2.75, 3.05) is 0 Å². The van der Waals surface area contributed by atoms with Crippen LogP contribution >= 0.6 is 0 Å². The highest BCUT2D eigenvalue weighted by molar-refractivity contribution is 5.80. The third-order valence-corrected chi connectivity index (χ3v) is 2.18. The molecule has 0 radical (unpaired) electrons. The Hall–Kier alpha value is -1.67. The van der Waals surface area contributed by atoms with E-state index in [0.29, 0.717) is 0 Å². The first-order valence-corrected chi connectivity index (χ1v) is 4.97. The van der Waals surface area contributed by atoms with Gasteiger partial charge in [-0.1, -0.05) is 30.4 Å². The van der Waals surface area contributed by atoms with Crippen LogP contribution in [-0.2, 0) is 0 Å². The minimum Gasteiger partial charge on any atom is -0.389 e. The Kier molecular flexibility index (Phi) is 2.79. The van der Waals surface area contributed by atoms with Crippen LogP contribution in [0.5, 0.6) is 0 Å². The van der Waals surface area contributed by atoms with Gasteiger partial charge in [-0.3, -0.25) is 4.98 Å². The molecule has 1 heterocycles. The van der Waals surface area contributed by atoms with Gasteiger partial charge in [0.25, 0.3) is 0 Å². The lowest BCUT2D eigenvalue weighted by atomic mass is 10.1. The first-order chi connectivity index (χ1) is 7.25. The van der Waals surface area contributed by atoms with Gasteiger partial charge in [0.05, 0.1) is 11.6 Å². The lowest BCUT2D eigenvalue weighted by molar-refractivity contribution is 0.245. The van der Waals surface area contributed by atoms with E-state index in [1.165, 1.54) is 0 Å². The molecule has 1 N–H and O–H groups in total. The largest absolute Gasteiger partial charge is 0.389 e. The van der Waals surface area contributed by atoms with Gasteiger partial charge in [-0.05, 0) is 24.6 Å². The summed E-state index contributed by atoms with van der Waals surface area (Å²) in [7, 11) is 0. The molecule has 1 aromatic carbocycles. The average molecular weight is 199 g/mol. The average Bonchev–Trinajstić information content (AvgIpc) is 2.26. The predicted octanol–water partition coefficient (Wildman–Crippen LogP) is 2.63. The van der Waals surface area contributed by atoms with E-state index in [0.717, 1.165) is 16.5 Å². The monoisotopic (exact) mass is 199 g/mol. The summed E-state index contributed by atoms with van der Waals surface area (Å²) in [6, 6.07) is 10.0. The van der Waals surface area contributed by atoms with E-state index >= 15 is 0 Å². The van der Waals surface area contributed by atoms with Crippen molar-refractivity contribution in [3.63, 3.8) is 0 Å². The predicted molar refractivity (Wildman–Crippen MR) is 62.5 cm³/mol. The van der Waals surface area contributed by atoms with E-state index < -0.39 is 6.10 Å². The summed E-state index contributed by atoms with van der Waals surface area (Å²) in [5.74, 6) is 0. The minimum absolute atomic E-state index is 0.420. The van der Waals surface area contributed by atoms with Crippen molar-refractivity contribution < 1.29 is 5.11 Å². The maximum atomic E-state index is 9.12. The molecule has 0 aliphatic carbocycles. The van der Waals surface area contributed by atoms with Gasteiger partial charge in [-0.25, -0.2) is 0 Å². The number of aromatic nitrogens is 1. The van der Waals surface area contributed by atoms with Crippen molar-refractivity contribution in [3.05, 3.63) is 48.2 Å². The molecule has 2 nitrogen and oxygen atoms in total. The lowest BCUT2D eigenvalue weighted by Crippen LogP contribution is -1.91. The Balaban J connectivity index is 2.39. The molecular weight excluding hydrogens is 186 g/mol. The molecule has 0 spiro atoms. The number of para-hydroxylation sites is 1. The van der Waals surface area contributed by atoms with Gasteiger partial charge in [0.2, 0.25) is 0 Å². The van der Waals surface area contributed by atoms with Crippen LogP contribution in [0.3, 0.4) is 0 Å². The molecular formula is C13H13NO. The summed E-state index contributed by atoms with van der Waals surface area (Å²) in [5.41, 5.74) is 2.00. The summed E-state index contributed by atoms with van der Waals surface area (Å²) < 4.78 is 0. The summed E-state index contributed by atoms with van der Waals surface area (Å²) in [4.78, 5) is 4.33. The van der Waals surface area contributed by atoms with E-state index in [1.807, 2.05) is 30.3 Å². The number of fused-ring (bicyclic) bond motifs is 1. The van der Waals surface area contributed by atoms with Crippen LogP contribution in [0.15, 0.2) is 42.6 Å². The van der Waals surface area contributed by atoms with Crippen LogP contribution in [0.2, 0.25) is 0 Å². The summed E-state index contributed by atoms with van der Waals surface area (Å²) in [6.07, 6.45) is 5.01. The zero-order chi connectivity index (χ0) is 10.7. The van der Waals surface area contributed by atoms with E-state index in [9.17, 15) is 0 Å². The van der Waals surface area contributed by atoms with Crippen molar-refractivity contribution in [3.8, 4) is 0 Å². The summed E-state index contributed by atoms with van der Waals surface area (Å²) in [5, 5.41) is 10.2. The van der Waals surface area contributed by atoms with Crippen LogP contribution < -0.4 is 0 Å². The molecule has 1 unspecified atom stereocenters. The van der Waals surface area contributed by atoms with E-state index in [2.05, 4.69) is 11.1 Å². The number of aliphatic hydroxyl groups excluding tert-OH is 1. The van der Waals surface area contributed by atoms with Crippen molar-refractivity contribution in [1.29, 1.82) is 0 Å². The number of rotatable bonds is 2. The normalized spacial score (nSPS) is 13.5. The number of pyridine rings is 1. The Bertz CT molecular complexity index is 489. The SMILES string of the molecule is CC(O)/C=C/c1cnc2ccccc2c1. The zero-order valence-corrected chi connectivity index (χ0v) is 8.59. The Morgan fingerprint density at radius 2 is 2.13 bits per heavy atom. The highest BCUT2D eigenvalue weighted by Gasteiger charge is 1.94. The van der Waals surface area contributed by atoms with Crippen molar-refractivity contribution in [2.24, 2.45) is 0 Å². The minimum atomic E-state index is -0.420. The maximum Gasteiger partial charge on any atom is 0.0702 e. The van der Waals surface area contributed by atoms with E-state index in [1.54, 1.807) is 19.2 Å². The lowest BCUT2D eigenvalue weighted by Gasteiger charge is -1.99. The molecule has 2 heteroatoms. The van der Waals surface area contributed by atoms with Gasteiger partial charge in [0.15, 0.2) is 0 Å². The molecule has 0 aliphatic heterocycles. The molecule has 0 aliphatic rings. The third kappa shape index (κ3) is 2.42.